The van der Waals surface area contributed by atoms with Gasteiger partial charge in [-0.2, -0.15) is 0 Å². The summed E-state index contributed by atoms with van der Waals surface area (Å²) < 4.78 is 5.03. The highest BCUT2D eigenvalue weighted by molar-refractivity contribution is 5.68. The number of alkyl carbamates (subject to hydrolysis) is 1. The van der Waals surface area contributed by atoms with Gasteiger partial charge in [-0.05, 0) is 12.0 Å². The molecule has 1 saturated heterocycles. The molecule has 2 unspecified atom stereocenters. The molecule has 2 amide bonds. The fourth-order valence-electron chi connectivity index (χ4n) is 2.30. The summed E-state index contributed by atoms with van der Waals surface area (Å²) in [6, 6.07) is 8.82. The average Bonchev–Trinajstić information content (AvgIpc) is 2.85. The van der Waals surface area contributed by atoms with E-state index in [1.54, 1.807) is 0 Å². The third kappa shape index (κ3) is 4.35. The highest BCUT2D eigenvalue weighted by Gasteiger charge is 2.34. The molecule has 2 rings (SSSR count). The number of hydrogen-bond donors (Lipinski definition) is 3. The summed E-state index contributed by atoms with van der Waals surface area (Å²) >= 11 is 0. The summed E-state index contributed by atoms with van der Waals surface area (Å²) in [7, 11) is 0. The third-order valence-electron chi connectivity index (χ3n) is 3.33. The van der Waals surface area contributed by atoms with Crippen LogP contribution in [0.3, 0.4) is 0 Å². The van der Waals surface area contributed by atoms with Gasteiger partial charge in [0.15, 0.2) is 0 Å². The second kappa shape index (κ2) is 6.94. The van der Waals surface area contributed by atoms with Crippen molar-refractivity contribution in [3.05, 3.63) is 35.9 Å². The second-order valence-corrected chi connectivity index (χ2v) is 4.92. The number of ether oxygens (including phenoxy) is 1. The van der Waals surface area contributed by atoms with Gasteiger partial charge in [0.25, 0.3) is 0 Å². The van der Waals surface area contributed by atoms with E-state index in [9.17, 15) is 14.7 Å². The molecule has 114 valence electrons. The maximum absolute atomic E-state index is 11.6. The SMILES string of the molecule is O=C(NCC1CC(O)CN1C(=O)O)OCc1ccccc1. The van der Waals surface area contributed by atoms with Crippen LogP contribution in [-0.4, -0.2) is 52.5 Å². The number of hydrogen-bond acceptors (Lipinski definition) is 4. The summed E-state index contributed by atoms with van der Waals surface area (Å²) in [5.74, 6) is 0. The second-order valence-electron chi connectivity index (χ2n) is 4.92. The Balaban J connectivity index is 1.74. The predicted octanol–water partition coefficient (Wildman–Crippen LogP) is 1.03. The van der Waals surface area contributed by atoms with Crippen LogP contribution in [0.1, 0.15) is 12.0 Å². The van der Waals surface area contributed by atoms with Crippen molar-refractivity contribution in [1.82, 2.24) is 10.2 Å². The standard InChI is InChI=1S/C14H18N2O5/c17-12-6-11(16(8-12)14(19)20)7-15-13(18)21-9-10-4-2-1-3-5-10/h1-5,11-12,17H,6-9H2,(H,15,18)(H,19,20). The van der Waals surface area contributed by atoms with E-state index in [4.69, 9.17) is 9.84 Å². The van der Waals surface area contributed by atoms with E-state index >= 15 is 0 Å². The molecule has 0 aromatic heterocycles. The average molecular weight is 294 g/mol. The Labute approximate surface area is 122 Å². The van der Waals surface area contributed by atoms with Crippen molar-refractivity contribution in [2.45, 2.75) is 25.2 Å². The number of carbonyl (C=O) groups is 2. The first kappa shape index (κ1) is 15.1. The van der Waals surface area contributed by atoms with Gasteiger partial charge in [-0.3, -0.25) is 0 Å². The van der Waals surface area contributed by atoms with E-state index in [0.29, 0.717) is 6.42 Å². The van der Waals surface area contributed by atoms with Gasteiger partial charge in [-0.25, -0.2) is 9.59 Å². The van der Waals surface area contributed by atoms with Crippen LogP contribution in [0.5, 0.6) is 0 Å². The van der Waals surface area contributed by atoms with E-state index < -0.39 is 24.3 Å². The minimum Gasteiger partial charge on any atom is -0.465 e. The Bertz CT molecular complexity index is 493. The monoisotopic (exact) mass is 294 g/mol. The van der Waals surface area contributed by atoms with Crippen molar-refractivity contribution in [3.63, 3.8) is 0 Å². The van der Waals surface area contributed by atoms with Crippen molar-refractivity contribution >= 4 is 12.2 Å². The maximum atomic E-state index is 11.6. The number of likely N-dealkylation sites (tertiary alicyclic amines) is 1. The highest BCUT2D eigenvalue weighted by Crippen LogP contribution is 2.17. The van der Waals surface area contributed by atoms with Crippen LogP contribution in [0.4, 0.5) is 9.59 Å². The molecule has 1 aromatic rings. The zero-order chi connectivity index (χ0) is 15.2. The zero-order valence-corrected chi connectivity index (χ0v) is 11.4. The first-order chi connectivity index (χ1) is 10.1. The molecule has 1 aliphatic rings. The molecular weight excluding hydrogens is 276 g/mol. The van der Waals surface area contributed by atoms with E-state index in [-0.39, 0.29) is 19.7 Å². The van der Waals surface area contributed by atoms with Gasteiger partial charge in [0, 0.05) is 6.54 Å². The Morgan fingerprint density at radius 2 is 2.05 bits per heavy atom. The number of aliphatic hydroxyl groups excluding tert-OH is 1. The summed E-state index contributed by atoms with van der Waals surface area (Å²) in [6.07, 6.45) is -2.08. The van der Waals surface area contributed by atoms with E-state index in [0.717, 1.165) is 10.5 Å². The van der Waals surface area contributed by atoms with Gasteiger partial charge in [-0.15, -0.1) is 0 Å². The largest absolute Gasteiger partial charge is 0.465 e. The smallest absolute Gasteiger partial charge is 0.407 e. The highest BCUT2D eigenvalue weighted by atomic mass is 16.5. The molecule has 1 aliphatic heterocycles. The van der Waals surface area contributed by atoms with Gasteiger partial charge < -0.3 is 25.2 Å². The summed E-state index contributed by atoms with van der Waals surface area (Å²) in [6.45, 7) is 0.348. The van der Waals surface area contributed by atoms with Crippen molar-refractivity contribution in [2.24, 2.45) is 0 Å². The van der Waals surface area contributed by atoms with Crippen molar-refractivity contribution in [3.8, 4) is 0 Å². The lowest BCUT2D eigenvalue weighted by Crippen LogP contribution is -2.42. The number of rotatable bonds is 4. The van der Waals surface area contributed by atoms with Gasteiger partial charge in [0.1, 0.15) is 6.61 Å². The zero-order valence-electron chi connectivity index (χ0n) is 11.4. The van der Waals surface area contributed by atoms with Gasteiger partial charge in [0.05, 0.1) is 18.7 Å². The van der Waals surface area contributed by atoms with E-state index in [1.807, 2.05) is 30.3 Å². The van der Waals surface area contributed by atoms with Crippen LogP contribution >= 0.6 is 0 Å². The molecule has 0 saturated carbocycles. The minimum atomic E-state index is -1.10. The molecule has 0 spiro atoms. The first-order valence-corrected chi connectivity index (χ1v) is 6.68. The fourth-order valence-corrected chi connectivity index (χ4v) is 2.30. The normalized spacial score (nSPS) is 21.1. The third-order valence-corrected chi connectivity index (χ3v) is 3.33. The lowest BCUT2D eigenvalue weighted by atomic mass is 10.2. The molecule has 7 heteroatoms. The Morgan fingerprint density at radius 1 is 1.33 bits per heavy atom. The molecule has 3 N–H and O–H groups in total. The predicted molar refractivity (Wildman–Crippen MR) is 73.8 cm³/mol. The van der Waals surface area contributed by atoms with Gasteiger partial charge >= 0.3 is 12.2 Å². The van der Waals surface area contributed by atoms with E-state index in [1.165, 1.54) is 0 Å². The number of β-amino-alcohol motifs (C(OH)–C–C–N with tert-alkyl or cyclic N) is 1. The fraction of sp³-hybridized carbons (Fsp3) is 0.429. The molecule has 0 aliphatic carbocycles. The lowest BCUT2D eigenvalue weighted by Gasteiger charge is -2.21. The number of carbonyl (C=O) groups excluding carboxylic acids is 1. The van der Waals surface area contributed by atoms with Crippen LogP contribution < -0.4 is 5.32 Å². The molecule has 7 nitrogen and oxygen atoms in total. The molecule has 2 atom stereocenters. The Kier molecular flexibility index (Phi) is 4.99. The number of benzene rings is 1. The quantitative estimate of drug-likeness (QED) is 0.770. The Morgan fingerprint density at radius 3 is 2.71 bits per heavy atom. The van der Waals surface area contributed by atoms with Crippen LogP contribution in [0.25, 0.3) is 0 Å². The van der Waals surface area contributed by atoms with E-state index in [2.05, 4.69) is 5.32 Å². The van der Waals surface area contributed by atoms with Crippen LogP contribution in [0.15, 0.2) is 30.3 Å². The van der Waals surface area contributed by atoms with Gasteiger partial charge in [0.2, 0.25) is 0 Å². The van der Waals surface area contributed by atoms with Crippen molar-refractivity contribution in [1.29, 1.82) is 0 Å². The van der Waals surface area contributed by atoms with Crippen LogP contribution in [0, 0.1) is 0 Å². The molecule has 0 bridgehead atoms. The summed E-state index contributed by atoms with van der Waals surface area (Å²) in [5, 5.41) is 21.0. The molecule has 21 heavy (non-hydrogen) atoms. The Hall–Kier alpha value is -2.28. The lowest BCUT2D eigenvalue weighted by molar-refractivity contribution is 0.124. The maximum Gasteiger partial charge on any atom is 0.407 e. The number of nitrogens with zero attached hydrogens (tertiary/aromatic N) is 1. The molecule has 1 heterocycles. The summed E-state index contributed by atoms with van der Waals surface area (Å²) in [4.78, 5) is 23.7. The summed E-state index contributed by atoms with van der Waals surface area (Å²) in [5.41, 5.74) is 0.871. The minimum absolute atomic E-state index is 0.0702. The molecular formula is C14H18N2O5. The van der Waals surface area contributed by atoms with Crippen LogP contribution in [0.2, 0.25) is 0 Å². The van der Waals surface area contributed by atoms with Crippen molar-refractivity contribution < 1.29 is 24.5 Å². The molecule has 0 radical (unpaired) electrons. The number of nitrogens with one attached hydrogen (secondary N) is 1. The molecule has 1 aromatic carbocycles. The van der Waals surface area contributed by atoms with Gasteiger partial charge in [-0.1, -0.05) is 30.3 Å². The number of amides is 2. The topological polar surface area (TPSA) is 99.1 Å². The molecule has 1 fully saturated rings. The van der Waals surface area contributed by atoms with Crippen molar-refractivity contribution in [2.75, 3.05) is 13.1 Å². The number of aliphatic hydroxyl groups is 1. The van der Waals surface area contributed by atoms with Crippen LogP contribution in [-0.2, 0) is 11.3 Å². The first-order valence-electron chi connectivity index (χ1n) is 6.68. The number of carboxylic acid groups (broad SMARTS) is 1.